The predicted molar refractivity (Wildman–Crippen MR) is 87.3 cm³/mol. The van der Waals surface area contributed by atoms with Crippen molar-refractivity contribution in [3.8, 4) is 0 Å². The lowest BCUT2D eigenvalue weighted by Gasteiger charge is -2.14. The third kappa shape index (κ3) is 4.09. The van der Waals surface area contributed by atoms with Gasteiger partial charge >= 0.3 is 0 Å². The van der Waals surface area contributed by atoms with Crippen LogP contribution in [0.1, 0.15) is 56.3 Å². The van der Waals surface area contributed by atoms with E-state index in [1.807, 2.05) is 6.07 Å². The molecule has 5 heteroatoms. The highest BCUT2D eigenvalue weighted by molar-refractivity contribution is 9.10. The van der Waals surface area contributed by atoms with Crippen molar-refractivity contribution in [2.75, 3.05) is 0 Å². The zero-order valence-corrected chi connectivity index (χ0v) is 14.8. The van der Waals surface area contributed by atoms with E-state index in [4.69, 9.17) is 4.98 Å². The van der Waals surface area contributed by atoms with Gasteiger partial charge in [0, 0.05) is 23.6 Å². The van der Waals surface area contributed by atoms with Crippen molar-refractivity contribution in [2.45, 2.75) is 52.4 Å². The first-order valence-electron chi connectivity index (χ1n) is 6.85. The van der Waals surface area contributed by atoms with Crippen LogP contribution in [-0.4, -0.2) is 15.0 Å². The van der Waals surface area contributed by atoms with Gasteiger partial charge in [-0.1, -0.05) is 27.7 Å². The smallest absolute Gasteiger partial charge is 0.129 e. The van der Waals surface area contributed by atoms with E-state index >= 15 is 0 Å². The van der Waals surface area contributed by atoms with Crippen LogP contribution in [0.25, 0.3) is 0 Å². The van der Waals surface area contributed by atoms with Crippen LogP contribution in [0.4, 0.5) is 0 Å². The molecule has 0 fully saturated rings. The monoisotopic (exact) mass is 353 g/mol. The van der Waals surface area contributed by atoms with Crippen LogP contribution >= 0.6 is 27.3 Å². The Hall–Kier alpha value is -0.810. The van der Waals surface area contributed by atoms with Gasteiger partial charge in [0.15, 0.2) is 0 Å². The zero-order valence-electron chi connectivity index (χ0n) is 12.4. The molecule has 0 bridgehead atoms. The lowest BCUT2D eigenvalue weighted by Crippen LogP contribution is -2.11. The van der Waals surface area contributed by atoms with Gasteiger partial charge in [0.05, 0.1) is 16.4 Å². The van der Waals surface area contributed by atoms with Crippen molar-refractivity contribution in [1.29, 1.82) is 0 Å². The van der Waals surface area contributed by atoms with Crippen molar-refractivity contribution in [3.05, 3.63) is 38.3 Å². The molecule has 0 aromatic carbocycles. The molecule has 0 spiro atoms. The average Bonchev–Trinajstić information content (AvgIpc) is 2.76. The van der Waals surface area contributed by atoms with E-state index in [2.05, 4.69) is 59.0 Å². The summed E-state index contributed by atoms with van der Waals surface area (Å²) in [4.78, 5) is 13.7. The van der Waals surface area contributed by atoms with Crippen molar-refractivity contribution in [1.82, 2.24) is 15.0 Å². The molecule has 2 aromatic rings. The number of aromatic nitrogens is 3. The van der Waals surface area contributed by atoms with E-state index in [1.54, 1.807) is 11.3 Å². The van der Waals surface area contributed by atoms with E-state index in [1.165, 1.54) is 0 Å². The molecule has 3 nitrogen and oxygen atoms in total. The summed E-state index contributed by atoms with van der Waals surface area (Å²) in [6.07, 6.45) is 2.75. The molecule has 0 aliphatic heterocycles. The molecule has 0 aliphatic rings. The third-order valence-corrected chi connectivity index (χ3v) is 4.18. The minimum atomic E-state index is 0.106. The maximum Gasteiger partial charge on any atom is 0.129 e. The van der Waals surface area contributed by atoms with Crippen LogP contribution in [0.5, 0.6) is 0 Å². The number of rotatable bonds is 4. The fourth-order valence-corrected chi connectivity index (χ4v) is 3.34. The Labute approximate surface area is 133 Å². The third-order valence-electron chi connectivity index (χ3n) is 2.92. The summed E-state index contributed by atoms with van der Waals surface area (Å²) in [7, 11) is 0. The molecular formula is C15H20BrN3S. The summed E-state index contributed by atoms with van der Waals surface area (Å²) in [5.74, 6) is 0.907. The number of aryl methyl sites for hydroxylation is 1. The molecule has 2 aromatic heterocycles. The number of halogens is 1. The summed E-state index contributed by atoms with van der Waals surface area (Å²) in [5.41, 5.74) is 2.29. The standard InChI is InChI=1S/C15H20BrN3S/c1-5-6-13-17-10(7-12(16)19-13)8-14-18-11(9-20-14)15(2,3)4/h7,9H,5-6,8H2,1-4H3. The normalized spacial score (nSPS) is 11.8. The van der Waals surface area contributed by atoms with E-state index in [9.17, 15) is 0 Å². The number of hydrogen-bond acceptors (Lipinski definition) is 4. The van der Waals surface area contributed by atoms with Crippen molar-refractivity contribution in [3.63, 3.8) is 0 Å². The molecule has 0 aliphatic carbocycles. The number of hydrogen-bond donors (Lipinski definition) is 0. The fraction of sp³-hybridized carbons (Fsp3) is 0.533. The highest BCUT2D eigenvalue weighted by Gasteiger charge is 2.17. The summed E-state index contributed by atoms with van der Waals surface area (Å²) in [6, 6.07) is 1.98. The Kier molecular flexibility index (Phi) is 4.91. The quantitative estimate of drug-likeness (QED) is 0.757. The molecule has 0 amide bonds. The van der Waals surface area contributed by atoms with Gasteiger partial charge in [-0.15, -0.1) is 11.3 Å². The van der Waals surface area contributed by atoms with Crippen LogP contribution < -0.4 is 0 Å². The maximum atomic E-state index is 4.72. The molecule has 2 heterocycles. The largest absolute Gasteiger partial charge is 0.245 e. The molecule has 0 saturated heterocycles. The summed E-state index contributed by atoms with van der Waals surface area (Å²) < 4.78 is 0.860. The van der Waals surface area contributed by atoms with Gasteiger partial charge in [-0.25, -0.2) is 15.0 Å². The van der Waals surface area contributed by atoms with E-state index in [0.717, 1.165) is 46.1 Å². The van der Waals surface area contributed by atoms with Crippen molar-refractivity contribution >= 4 is 27.3 Å². The van der Waals surface area contributed by atoms with Gasteiger partial charge in [0.1, 0.15) is 10.4 Å². The molecule has 0 unspecified atom stereocenters. The highest BCUT2D eigenvalue weighted by atomic mass is 79.9. The SMILES string of the molecule is CCCc1nc(Br)cc(Cc2nc(C(C)(C)C)cs2)n1. The lowest BCUT2D eigenvalue weighted by molar-refractivity contribution is 0.571. The maximum absolute atomic E-state index is 4.72. The van der Waals surface area contributed by atoms with Gasteiger partial charge in [-0.2, -0.15) is 0 Å². The first-order valence-corrected chi connectivity index (χ1v) is 8.53. The molecule has 0 N–H and O–H groups in total. The Morgan fingerprint density at radius 1 is 1.20 bits per heavy atom. The van der Waals surface area contributed by atoms with Gasteiger partial charge in [-0.3, -0.25) is 0 Å². The second kappa shape index (κ2) is 6.31. The van der Waals surface area contributed by atoms with Crippen molar-refractivity contribution in [2.24, 2.45) is 0 Å². The second-order valence-corrected chi connectivity index (χ2v) is 7.66. The molecule has 20 heavy (non-hydrogen) atoms. The summed E-state index contributed by atoms with van der Waals surface area (Å²) in [5, 5.41) is 3.27. The van der Waals surface area contributed by atoms with Crippen LogP contribution in [0.3, 0.4) is 0 Å². The average molecular weight is 354 g/mol. The number of nitrogens with zero attached hydrogens (tertiary/aromatic N) is 3. The molecule has 0 atom stereocenters. The number of thiazole rings is 1. The first-order chi connectivity index (χ1) is 9.38. The minimum Gasteiger partial charge on any atom is -0.245 e. The van der Waals surface area contributed by atoms with Crippen LogP contribution in [0.2, 0.25) is 0 Å². The Morgan fingerprint density at radius 3 is 2.55 bits per heavy atom. The van der Waals surface area contributed by atoms with E-state index < -0.39 is 0 Å². The first kappa shape index (κ1) is 15.6. The Bertz CT molecular complexity index is 587. The minimum absolute atomic E-state index is 0.106. The lowest BCUT2D eigenvalue weighted by atomic mass is 9.93. The Balaban J connectivity index is 2.19. The van der Waals surface area contributed by atoms with Gasteiger partial charge in [0.25, 0.3) is 0 Å². The highest BCUT2D eigenvalue weighted by Crippen LogP contribution is 2.25. The molecule has 108 valence electrons. The van der Waals surface area contributed by atoms with Crippen LogP contribution in [0.15, 0.2) is 16.0 Å². The van der Waals surface area contributed by atoms with E-state index in [0.29, 0.717) is 0 Å². The Morgan fingerprint density at radius 2 is 1.95 bits per heavy atom. The van der Waals surface area contributed by atoms with Crippen molar-refractivity contribution < 1.29 is 0 Å². The predicted octanol–water partition coefficient (Wildman–Crippen LogP) is 4.54. The second-order valence-electron chi connectivity index (χ2n) is 5.90. The van der Waals surface area contributed by atoms with Gasteiger partial charge in [-0.05, 0) is 28.4 Å². The molecule has 2 rings (SSSR count). The molecule has 0 radical (unpaired) electrons. The molecule has 0 saturated carbocycles. The van der Waals surface area contributed by atoms with Crippen LogP contribution in [-0.2, 0) is 18.3 Å². The molecular weight excluding hydrogens is 334 g/mol. The summed E-state index contributed by atoms with van der Waals surface area (Å²) >= 11 is 5.17. The van der Waals surface area contributed by atoms with Crippen LogP contribution in [0, 0.1) is 0 Å². The zero-order chi connectivity index (χ0) is 14.8. The topological polar surface area (TPSA) is 38.7 Å². The van der Waals surface area contributed by atoms with E-state index in [-0.39, 0.29) is 5.41 Å². The summed E-state index contributed by atoms with van der Waals surface area (Å²) in [6.45, 7) is 8.70. The fourth-order valence-electron chi connectivity index (χ4n) is 1.83. The van der Waals surface area contributed by atoms with Gasteiger partial charge < -0.3 is 0 Å². The van der Waals surface area contributed by atoms with Gasteiger partial charge in [0.2, 0.25) is 0 Å².